The monoisotopic (exact) mass is 299 g/mol. The van der Waals surface area contributed by atoms with Crippen LogP contribution in [0.1, 0.15) is 51.2 Å². The number of nitrogens with zero attached hydrogens (tertiary/aromatic N) is 1. The fourth-order valence-electron chi connectivity index (χ4n) is 3.41. The van der Waals surface area contributed by atoms with Gasteiger partial charge in [0.15, 0.2) is 0 Å². The Kier molecular flexibility index (Phi) is 3.75. The third kappa shape index (κ3) is 3.03. The van der Waals surface area contributed by atoms with Crippen LogP contribution in [0.2, 0.25) is 0 Å². The Hall–Kier alpha value is -1.77. The highest BCUT2D eigenvalue weighted by Gasteiger charge is 2.41. The van der Waals surface area contributed by atoms with Crippen molar-refractivity contribution in [1.82, 2.24) is 4.90 Å². The average Bonchev–Trinajstić information content (AvgIpc) is 2.69. The molecule has 3 heteroatoms. The number of fused-ring (bicyclic) bond motifs is 2. The van der Waals surface area contributed by atoms with Crippen LogP contribution in [-0.4, -0.2) is 28.7 Å². The van der Waals surface area contributed by atoms with Crippen molar-refractivity contribution in [2.75, 3.05) is 0 Å². The molecule has 0 radical (unpaired) electrons. The van der Waals surface area contributed by atoms with E-state index < -0.39 is 5.60 Å². The molecule has 2 bridgehead atoms. The standard InChI is InChI=1S/C19H25NO2/c1-13-5-7-14(8-6-13)15-11-16-9-10-17(12-15)20(16)18(21)22-19(2,3)4/h5-8,11,16-17H,9-10,12H2,1-4H3/t16-,17+/m0/s1. The molecular formula is C19H25NO2. The Labute approximate surface area is 133 Å². The Morgan fingerprint density at radius 2 is 1.86 bits per heavy atom. The van der Waals surface area contributed by atoms with Gasteiger partial charge in [-0.05, 0) is 58.1 Å². The maximum absolute atomic E-state index is 12.4. The molecule has 0 N–H and O–H groups in total. The van der Waals surface area contributed by atoms with Crippen molar-refractivity contribution in [1.29, 1.82) is 0 Å². The third-order valence-electron chi connectivity index (χ3n) is 4.42. The van der Waals surface area contributed by atoms with E-state index in [1.54, 1.807) is 0 Å². The zero-order chi connectivity index (χ0) is 15.9. The molecule has 0 saturated carbocycles. The van der Waals surface area contributed by atoms with Crippen LogP contribution in [0.25, 0.3) is 5.57 Å². The van der Waals surface area contributed by atoms with E-state index in [0.29, 0.717) is 0 Å². The van der Waals surface area contributed by atoms with E-state index in [4.69, 9.17) is 4.74 Å². The van der Waals surface area contributed by atoms with Crippen LogP contribution in [-0.2, 0) is 4.74 Å². The van der Waals surface area contributed by atoms with Gasteiger partial charge in [-0.15, -0.1) is 0 Å². The van der Waals surface area contributed by atoms with Crippen LogP contribution in [0.4, 0.5) is 4.79 Å². The summed E-state index contributed by atoms with van der Waals surface area (Å²) in [4.78, 5) is 14.4. The molecule has 0 unspecified atom stereocenters. The SMILES string of the molecule is Cc1ccc(C2=C[C@@H]3CC[C@H](C2)N3C(=O)OC(C)(C)C)cc1. The molecule has 2 aliphatic heterocycles. The molecule has 3 nitrogen and oxygen atoms in total. The minimum Gasteiger partial charge on any atom is -0.444 e. The quantitative estimate of drug-likeness (QED) is 0.761. The topological polar surface area (TPSA) is 29.5 Å². The highest BCUT2D eigenvalue weighted by atomic mass is 16.6. The first-order chi connectivity index (χ1) is 10.3. The first-order valence-corrected chi connectivity index (χ1v) is 8.12. The maximum Gasteiger partial charge on any atom is 0.411 e. The van der Waals surface area contributed by atoms with Crippen molar-refractivity contribution in [3.63, 3.8) is 0 Å². The molecule has 0 aliphatic carbocycles. The highest BCUT2D eigenvalue weighted by Crippen LogP contribution is 2.39. The fraction of sp³-hybridized carbons (Fsp3) is 0.526. The van der Waals surface area contributed by atoms with Gasteiger partial charge in [0.05, 0.1) is 6.04 Å². The smallest absolute Gasteiger partial charge is 0.411 e. The average molecular weight is 299 g/mol. The number of ether oxygens (including phenoxy) is 1. The summed E-state index contributed by atoms with van der Waals surface area (Å²) in [5, 5.41) is 0. The Morgan fingerprint density at radius 3 is 2.45 bits per heavy atom. The lowest BCUT2D eigenvalue weighted by Gasteiger charge is -2.35. The minimum atomic E-state index is -0.433. The molecule has 1 amide bonds. The maximum atomic E-state index is 12.4. The number of aryl methyl sites for hydroxylation is 1. The fourth-order valence-corrected chi connectivity index (χ4v) is 3.41. The molecule has 1 fully saturated rings. The van der Waals surface area contributed by atoms with Gasteiger partial charge in [-0.25, -0.2) is 4.79 Å². The first-order valence-electron chi connectivity index (χ1n) is 8.12. The van der Waals surface area contributed by atoms with Crippen LogP contribution in [0.15, 0.2) is 30.3 Å². The molecule has 2 heterocycles. The van der Waals surface area contributed by atoms with Crippen molar-refractivity contribution < 1.29 is 9.53 Å². The van der Waals surface area contributed by atoms with Crippen molar-refractivity contribution >= 4 is 11.7 Å². The van der Waals surface area contributed by atoms with Gasteiger partial charge in [-0.3, -0.25) is 4.90 Å². The normalized spacial score (nSPS) is 24.2. The molecule has 0 spiro atoms. The number of carbonyl (C=O) groups excluding carboxylic acids is 1. The molecule has 0 aromatic heterocycles. The number of rotatable bonds is 1. The zero-order valence-electron chi connectivity index (χ0n) is 13.9. The van der Waals surface area contributed by atoms with E-state index in [0.717, 1.165) is 19.3 Å². The summed E-state index contributed by atoms with van der Waals surface area (Å²) in [6.07, 6.45) is 5.13. The first kappa shape index (κ1) is 15.1. The zero-order valence-corrected chi connectivity index (χ0v) is 13.9. The van der Waals surface area contributed by atoms with Crippen LogP contribution < -0.4 is 0 Å². The largest absolute Gasteiger partial charge is 0.444 e. The number of hydrogen-bond donors (Lipinski definition) is 0. The lowest BCUT2D eigenvalue weighted by molar-refractivity contribution is 0.0175. The predicted molar refractivity (Wildman–Crippen MR) is 88.7 cm³/mol. The van der Waals surface area contributed by atoms with Crippen molar-refractivity contribution in [2.45, 2.75) is 64.6 Å². The van der Waals surface area contributed by atoms with E-state index >= 15 is 0 Å². The van der Waals surface area contributed by atoms with Gasteiger partial charge in [-0.1, -0.05) is 35.9 Å². The molecule has 2 aliphatic rings. The van der Waals surface area contributed by atoms with Gasteiger partial charge < -0.3 is 4.74 Å². The van der Waals surface area contributed by atoms with Gasteiger partial charge >= 0.3 is 6.09 Å². The summed E-state index contributed by atoms with van der Waals surface area (Å²) >= 11 is 0. The van der Waals surface area contributed by atoms with Gasteiger partial charge in [0.25, 0.3) is 0 Å². The van der Waals surface area contributed by atoms with Crippen LogP contribution in [0.5, 0.6) is 0 Å². The summed E-state index contributed by atoms with van der Waals surface area (Å²) in [5.41, 5.74) is 3.49. The summed E-state index contributed by atoms with van der Waals surface area (Å²) in [6.45, 7) is 7.87. The summed E-state index contributed by atoms with van der Waals surface area (Å²) in [5.74, 6) is 0. The van der Waals surface area contributed by atoms with Gasteiger partial charge in [-0.2, -0.15) is 0 Å². The molecule has 1 aromatic rings. The molecule has 1 saturated heterocycles. The van der Waals surface area contributed by atoms with E-state index in [1.165, 1.54) is 16.7 Å². The Balaban J connectivity index is 1.80. The van der Waals surface area contributed by atoms with Crippen LogP contribution in [0, 0.1) is 6.92 Å². The second kappa shape index (κ2) is 5.45. The van der Waals surface area contributed by atoms with Gasteiger partial charge in [0.1, 0.15) is 5.60 Å². The van der Waals surface area contributed by atoms with Gasteiger partial charge in [0.2, 0.25) is 0 Å². The Bertz CT molecular complexity index is 595. The van der Waals surface area contributed by atoms with Crippen molar-refractivity contribution in [3.05, 3.63) is 41.5 Å². The Morgan fingerprint density at radius 1 is 1.18 bits per heavy atom. The predicted octanol–water partition coefficient (Wildman–Crippen LogP) is 4.55. The van der Waals surface area contributed by atoms with Gasteiger partial charge in [0, 0.05) is 6.04 Å². The molecule has 2 atom stereocenters. The molecule has 1 aromatic carbocycles. The number of carbonyl (C=O) groups is 1. The lowest BCUT2D eigenvalue weighted by atomic mass is 9.94. The summed E-state index contributed by atoms with van der Waals surface area (Å²) < 4.78 is 5.57. The van der Waals surface area contributed by atoms with Crippen molar-refractivity contribution in [2.24, 2.45) is 0 Å². The number of benzene rings is 1. The summed E-state index contributed by atoms with van der Waals surface area (Å²) in [7, 11) is 0. The highest BCUT2D eigenvalue weighted by molar-refractivity contribution is 5.75. The minimum absolute atomic E-state index is 0.167. The molecular weight excluding hydrogens is 274 g/mol. The molecule has 22 heavy (non-hydrogen) atoms. The second-order valence-electron chi connectivity index (χ2n) is 7.45. The van der Waals surface area contributed by atoms with E-state index in [9.17, 15) is 4.79 Å². The number of hydrogen-bond acceptors (Lipinski definition) is 2. The number of amides is 1. The third-order valence-corrected chi connectivity index (χ3v) is 4.42. The second-order valence-corrected chi connectivity index (χ2v) is 7.45. The summed E-state index contributed by atoms with van der Waals surface area (Å²) in [6, 6.07) is 9.13. The van der Waals surface area contributed by atoms with E-state index in [-0.39, 0.29) is 18.2 Å². The molecule has 3 rings (SSSR count). The molecule has 118 valence electrons. The van der Waals surface area contributed by atoms with Crippen LogP contribution in [0.3, 0.4) is 0 Å². The lowest BCUT2D eigenvalue weighted by Crippen LogP contribution is -2.45. The van der Waals surface area contributed by atoms with E-state index in [2.05, 4.69) is 37.3 Å². The van der Waals surface area contributed by atoms with E-state index in [1.807, 2.05) is 25.7 Å². The van der Waals surface area contributed by atoms with Crippen LogP contribution >= 0.6 is 0 Å². The van der Waals surface area contributed by atoms with Crippen molar-refractivity contribution in [3.8, 4) is 0 Å².